The van der Waals surface area contributed by atoms with Gasteiger partial charge in [-0.15, -0.1) is 0 Å². The molecule has 5 nitrogen and oxygen atoms in total. The van der Waals surface area contributed by atoms with Crippen molar-refractivity contribution >= 4 is 15.7 Å². The van der Waals surface area contributed by atoms with Gasteiger partial charge in [-0.3, -0.25) is 4.72 Å². The average molecular weight is 489 g/mol. The van der Waals surface area contributed by atoms with E-state index in [1.54, 1.807) is 4.72 Å². The van der Waals surface area contributed by atoms with E-state index in [0.717, 1.165) is 6.20 Å². The molecule has 0 unspecified atom stereocenters. The molecular formula is C19H17F7N2O3S. The largest absolute Gasteiger partial charge is 0.417 e. The number of H-pyrrole nitrogens is 1. The highest BCUT2D eigenvalue weighted by Crippen LogP contribution is 2.56. The van der Waals surface area contributed by atoms with Gasteiger partial charge in [-0.05, 0) is 24.5 Å². The van der Waals surface area contributed by atoms with Crippen LogP contribution in [-0.4, -0.2) is 38.1 Å². The van der Waals surface area contributed by atoms with Gasteiger partial charge in [0.1, 0.15) is 16.5 Å². The van der Waals surface area contributed by atoms with Gasteiger partial charge in [0.15, 0.2) is 5.60 Å². The third kappa shape index (κ3) is 3.64. The normalized spacial score (nSPS) is 26.6. The van der Waals surface area contributed by atoms with Crippen molar-refractivity contribution in [3.05, 3.63) is 46.8 Å². The Balaban J connectivity index is 1.62. The summed E-state index contributed by atoms with van der Waals surface area (Å²) in [6, 6.07) is 0.879. The van der Waals surface area contributed by atoms with Crippen LogP contribution in [-0.2, 0) is 27.6 Å². The molecule has 0 spiro atoms. The number of sulfonamides is 1. The van der Waals surface area contributed by atoms with Crippen LogP contribution >= 0.6 is 0 Å². The predicted octanol–water partition coefficient (Wildman–Crippen LogP) is 4.65. The van der Waals surface area contributed by atoms with E-state index in [1.807, 2.05) is 0 Å². The van der Waals surface area contributed by atoms with Crippen molar-refractivity contribution in [3.8, 4) is 0 Å². The second kappa shape index (κ2) is 7.11. The van der Waals surface area contributed by atoms with Crippen LogP contribution in [0, 0.1) is 11.6 Å². The van der Waals surface area contributed by atoms with E-state index in [4.69, 9.17) is 4.11 Å². The number of alkyl halides is 5. The number of benzene rings is 1. The smallest absolute Gasteiger partial charge is 0.368 e. The van der Waals surface area contributed by atoms with Gasteiger partial charge in [-0.2, -0.15) is 13.2 Å². The van der Waals surface area contributed by atoms with Crippen LogP contribution in [0.2, 0.25) is 0 Å². The number of nitrogens with one attached hydrogen (secondary N) is 2. The average Bonchev–Trinajstić information content (AvgIpc) is 3.11. The highest BCUT2D eigenvalue weighted by Gasteiger charge is 2.59. The Labute approximate surface area is 182 Å². The molecule has 0 radical (unpaired) electrons. The Morgan fingerprint density at radius 1 is 1.25 bits per heavy atom. The third-order valence-corrected chi connectivity index (χ3v) is 7.25. The van der Waals surface area contributed by atoms with Gasteiger partial charge in [0.2, 0.25) is 0 Å². The predicted molar refractivity (Wildman–Crippen MR) is 98.1 cm³/mol. The van der Waals surface area contributed by atoms with E-state index in [1.165, 1.54) is 0 Å². The van der Waals surface area contributed by atoms with Gasteiger partial charge in [0, 0.05) is 43.4 Å². The Morgan fingerprint density at radius 2 is 1.94 bits per heavy atom. The Bertz CT molecular complexity index is 1280. The summed E-state index contributed by atoms with van der Waals surface area (Å²) in [7, 11) is -8.05. The molecule has 2 aromatic rings. The lowest BCUT2D eigenvalue weighted by Gasteiger charge is -2.37. The van der Waals surface area contributed by atoms with Crippen LogP contribution < -0.4 is 4.72 Å². The topological polar surface area (TPSA) is 71.2 Å². The van der Waals surface area contributed by atoms with Crippen LogP contribution in [0.25, 0.3) is 0 Å². The molecule has 1 fully saturated rings. The van der Waals surface area contributed by atoms with Crippen LogP contribution in [0.1, 0.15) is 39.7 Å². The van der Waals surface area contributed by atoms with E-state index in [0.29, 0.717) is 12.1 Å². The number of methoxy groups -OCH3 is 1. The maximum absolute atomic E-state index is 14.4. The van der Waals surface area contributed by atoms with E-state index >= 15 is 0 Å². The first kappa shape index (κ1) is 19.2. The number of anilines is 1. The molecule has 0 amide bonds. The minimum Gasteiger partial charge on any atom is -0.368 e. The fraction of sp³-hybridized carbons (Fsp3) is 0.474. The number of ether oxygens (including phenoxy) is 1. The number of hydrogen-bond acceptors (Lipinski definition) is 3. The molecular weight excluding hydrogens is 469 g/mol. The molecule has 0 bridgehead atoms. The van der Waals surface area contributed by atoms with E-state index in [2.05, 4.69) is 9.72 Å². The first-order valence-electron chi connectivity index (χ1n) is 10.7. The fourth-order valence-corrected chi connectivity index (χ4v) is 5.21. The molecule has 1 saturated carbocycles. The van der Waals surface area contributed by atoms with E-state index in [9.17, 15) is 39.2 Å². The Kier molecular flexibility index (Phi) is 4.27. The maximum Gasteiger partial charge on any atom is 0.417 e. The first-order chi connectivity index (χ1) is 15.9. The summed E-state index contributed by atoms with van der Waals surface area (Å²) in [4.78, 5) is 1.80. The van der Waals surface area contributed by atoms with Crippen molar-refractivity contribution in [2.24, 2.45) is 0 Å². The zero-order valence-electron chi connectivity index (χ0n) is 18.9. The van der Waals surface area contributed by atoms with Crippen molar-refractivity contribution in [3.63, 3.8) is 0 Å². The maximum atomic E-state index is 14.4. The second-order valence-electron chi connectivity index (χ2n) is 7.86. The van der Waals surface area contributed by atoms with Crippen LogP contribution in [0.4, 0.5) is 36.4 Å². The van der Waals surface area contributed by atoms with Crippen LogP contribution in [0.5, 0.6) is 0 Å². The van der Waals surface area contributed by atoms with Crippen LogP contribution in [0.15, 0.2) is 23.2 Å². The molecule has 2 atom stereocenters. The van der Waals surface area contributed by atoms with Gasteiger partial charge in [0.25, 0.3) is 15.9 Å². The number of aromatic nitrogens is 1. The zero-order valence-corrected chi connectivity index (χ0v) is 16.7. The third-order valence-electron chi connectivity index (χ3n) is 5.81. The summed E-state index contributed by atoms with van der Waals surface area (Å²) < 4.78 is 149. The summed E-state index contributed by atoms with van der Waals surface area (Å²) in [6.07, 6.45) is -7.42. The SMILES string of the molecule is [2H]C([2H])([2H])O[C@]1(C(F)(F)F)CCc2c(S(=O)(=O)Nc3cc(F)c([C@@H]4CC4(F)F)cc3F)c[nH]c2C1. The molecule has 0 aliphatic heterocycles. The summed E-state index contributed by atoms with van der Waals surface area (Å²) in [5, 5.41) is 0. The number of hydrogen-bond donors (Lipinski definition) is 2. The molecule has 4 rings (SSSR count). The van der Waals surface area contributed by atoms with Gasteiger partial charge in [0.05, 0.1) is 15.7 Å². The number of aromatic amines is 1. The molecule has 1 aromatic carbocycles. The molecule has 176 valence electrons. The van der Waals surface area contributed by atoms with Gasteiger partial charge < -0.3 is 9.72 Å². The molecule has 1 aromatic heterocycles. The molecule has 2 N–H and O–H groups in total. The standard InChI is InChI=1S/C19H17F7N2O3S/c1-31-17(19(24,25)26)3-2-9-15(7-17)27-8-16(9)32(29,30)28-14-5-12(20)10(4-13(14)21)11-6-18(11,22)23/h4-5,8,11,27-28H,2-3,6-7H2,1H3/t11-,17+/m0/s1/i1D3. The molecule has 32 heavy (non-hydrogen) atoms. The van der Waals surface area contributed by atoms with Crippen molar-refractivity contribution in [1.29, 1.82) is 0 Å². The summed E-state index contributed by atoms with van der Waals surface area (Å²) >= 11 is 0. The molecule has 2 aliphatic rings. The van der Waals surface area contributed by atoms with Crippen molar-refractivity contribution < 1.29 is 48.0 Å². The van der Waals surface area contributed by atoms with Crippen molar-refractivity contribution in [2.75, 3.05) is 11.8 Å². The minimum atomic E-state index is -5.09. The van der Waals surface area contributed by atoms with Gasteiger partial charge >= 0.3 is 6.18 Å². The van der Waals surface area contributed by atoms with E-state index in [-0.39, 0.29) is 11.3 Å². The summed E-state index contributed by atoms with van der Waals surface area (Å²) in [5.41, 5.74) is -4.94. The zero-order chi connectivity index (χ0) is 26.2. The molecule has 1 heterocycles. The Hall–Kier alpha value is -2.28. The quantitative estimate of drug-likeness (QED) is 0.601. The van der Waals surface area contributed by atoms with Gasteiger partial charge in [-0.25, -0.2) is 26.0 Å². The monoisotopic (exact) mass is 489 g/mol. The summed E-state index contributed by atoms with van der Waals surface area (Å²) in [6.45, 7) is 0. The van der Waals surface area contributed by atoms with Crippen LogP contribution in [0.3, 0.4) is 0 Å². The lowest BCUT2D eigenvalue weighted by molar-refractivity contribution is -0.273. The number of rotatable bonds is 5. The second-order valence-corrected chi connectivity index (χ2v) is 9.51. The number of fused-ring (bicyclic) bond motifs is 1. The molecule has 13 heteroatoms. The first-order valence-corrected chi connectivity index (χ1v) is 10.7. The molecule has 0 saturated heterocycles. The summed E-state index contributed by atoms with van der Waals surface area (Å²) in [5.74, 6) is -7.28. The Morgan fingerprint density at radius 3 is 2.53 bits per heavy atom. The lowest BCUT2D eigenvalue weighted by Crippen LogP contribution is -2.51. The van der Waals surface area contributed by atoms with Crippen molar-refractivity contribution in [1.82, 2.24) is 4.98 Å². The molecule has 2 aliphatic carbocycles. The highest BCUT2D eigenvalue weighted by molar-refractivity contribution is 7.92. The van der Waals surface area contributed by atoms with Crippen molar-refractivity contribution in [2.45, 2.75) is 54.2 Å². The number of halogens is 7. The highest BCUT2D eigenvalue weighted by atomic mass is 32.2. The minimum absolute atomic E-state index is 0.110. The van der Waals surface area contributed by atoms with Gasteiger partial charge in [-0.1, -0.05) is 0 Å². The lowest BCUT2D eigenvalue weighted by atomic mass is 9.83. The van der Waals surface area contributed by atoms with E-state index < -0.39 is 94.1 Å². The fourth-order valence-electron chi connectivity index (χ4n) is 3.89.